The second-order valence-corrected chi connectivity index (χ2v) is 19.7. The summed E-state index contributed by atoms with van der Waals surface area (Å²) in [5.41, 5.74) is 0. The molecule has 2 aliphatic heterocycles. The predicted octanol–water partition coefficient (Wildman–Crippen LogP) is 10.0. The molecule has 0 aromatic heterocycles. The van der Waals surface area contributed by atoms with Crippen molar-refractivity contribution < 1.29 is 69.0 Å². The van der Waals surface area contributed by atoms with Gasteiger partial charge in [-0.2, -0.15) is 0 Å². The zero-order chi connectivity index (χ0) is 53.7. The fourth-order valence-corrected chi connectivity index (χ4v) is 8.52. The van der Waals surface area contributed by atoms with Crippen LogP contribution in [0.5, 0.6) is 0 Å². The monoisotopic (exact) mass is 1050 g/mol. The van der Waals surface area contributed by atoms with Gasteiger partial charge in [-0.15, -0.1) is 0 Å². The molecule has 14 nitrogen and oxygen atoms in total. The van der Waals surface area contributed by atoms with Crippen LogP contribution in [0.3, 0.4) is 0 Å². The molecule has 11 unspecified atom stereocenters. The number of unbranched alkanes of at least 4 members (excludes halogenated alkanes) is 17. The van der Waals surface area contributed by atoms with Gasteiger partial charge < -0.3 is 64.2 Å². The number of esters is 1. The topological polar surface area (TPSA) is 214 Å². The Morgan fingerprint density at radius 2 is 0.878 bits per heavy atom. The Morgan fingerprint density at radius 3 is 1.38 bits per heavy atom. The number of ether oxygens (including phenoxy) is 6. The molecule has 0 saturated carbocycles. The van der Waals surface area contributed by atoms with Gasteiger partial charge in [0.1, 0.15) is 54.9 Å². The van der Waals surface area contributed by atoms with Crippen LogP contribution in [0.15, 0.2) is 85.1 Å². The van der Waals surface area contributed by atoms with Gasteiger partial charge in [0.15, 0.2) is 12.6 Å². The van der Waals surface area contributed by atoms with Gasteiger partial charge in [-0.3, -0.25) is 4.79 Å². The Morgan fingerprint density at radius 1 is 0.459 bits per heavy atom. The number of aliphatic hydroxyl groups excluding tert-OH is 7. The molecule has 426 valence electrons. The average molecular weight is 1050 g/mol. The van der Waals surface area contributed by atoms with E-state index in [1.54, 1.807) is 0 Å². The highest BCUT2D eigenvalue weighted by Crippen LogP contribution is 2.26. The lowest BCUT2D eigenvalue weighted by atomic mass is 9.98. The molecular formula is C60H102O14. The van der Waals surface area contributed by atoms with Crippen LogP contribution in [0.25, 0.3) is 0 Å². The molecule has 2 rings (SSSR count). The molecule has 0 aromatic carbocycles. The predicted molar refractivity (Wildman–Crippen MR) is 293 cm³/mol. The summed E-state index contributed by atoms with van der Waals surface area (Å²) >= 11 is 0. The molecule has 0 spiro atoms. The van der Waals surface area contributed by atoms with Gasteiger partial charge >= 0.3 is 5.97 Å². The number of aliphatic hydroxyl groups is 7. The van der Waals surface area contributed by atoms with Crippen molar-refractivity contribution in [2.24, 2.45) is 0 Å². The van der Waals surface area contributed by atoms with Crippen LogP contribution in [0.4, 0.5) is 0 Å². The molecule has 0 radical (unpaired) electrons. The molecule has 11 atom stereocenters. The largest absolute Gasteiger partial charge is 0.457 e. The Hall–Kier alpha value is -2.83. The summed E-state index contributed by atoms with van der Waals surface area (Å²) in [6.45, 7) is 3.51. The second kappa shape index (κ2) is 46.3. The fraction of sp³-hybridized carbons (Fsp3) is 0.750. The highest BCUT2D eigenvalue weighted by Gasteiger charge is 2.47. The van der Waals surface area contributed by atoms with Crippen LogP contribution in [0.2, 0.25) is 0 Å². The fourth-order valence-electron chi connectivity index (χ4n) is 8.52. The van der Waals surface area contributed by atoms with Gasteiger partial charge in [0, 0.05) is 13.0 Å². The van der Waals surface area contributed by atoms with Crippen molar-refractivity contribution in [2.45, 2.75) is 255 Å². The van der Waals surface area contributed by atoms with Crippen molar-refractivity contribution in [1.29, 1.82) is 0 Å². The lowest BCUT2D eigenvalue weighted by Crippen LogP contribution is -2.61. The van der Waals surface area contributed by atoms with Crippen molar-refractivity contribution in [3.05, 3.63) is 85.1 Å². The van der Waals surface area contributed by atoms with Crippen molar-refractivity contribution in [3.63, 3.8) is 0 Å². The number of allylic oxidation sites excluding steroid dienone is 14. The average Bonchev–Trinajstić information content (AvgIpc) is 3.40. The highest BCUT2D eigenvalue weighted by atomic mass is 16.7. The molecular weight excluding hydrogens is 945 g/mol. The van der Waals surface area contributed by atoms with E-state index in [1.165, 1.54) is 57.8 Å². The smallest absolute Gasteiger partial charge is 0.306 e. The number of carbonyl (C=O) groups is 1. The Balaban J connectivity index is 1.72. The van der Waals surface area contributed by atoms with Gasteiger partial charge in [-0.25, -0.2) is 0 Å². The first kappa shape index (κ1) is 67.3. The lowest BCUT2D eigenvalue weighted by Gasteiger charge is -2.42. The van der Waals surface area contributed by atoms with E-state index in [9.17, 15) is 40.5 Å². The highest BCUT2D eigenvalue weighted by molar-refractivity contribution is 5.69. The molecule has 2 aliphatic rings. The Kier molecular flexibility index (Phi) is 42.1. The Labute approximate surface area is 446 Å². The van der Waals surface area contributed by atoms with Crippen LogP contribution in [-0.2, 0) is 33.2 Å². The summed E-state index contributed by atoms with van der Waals surface area (Å²) in [5.74, 6) is -0.396. The molecule has 2 saturated heterocycles. The van der Waals surface area contributed by atoms with Crippen LogP contribution < -0.4 is 0 Å². The maximum absolute atomic E-state index is 13.1. The minimum absolute atomic E-state index is 0.0452. The zero-order valence-electron chi connectivity index (χ0n) is 45.5. The molecule has 7 N–H and O–H groups in total. The molecule has 2 fully saturated rings. The lowest BCUT2D eigenvalue weighted by molar-refractivity contribution is -0.332. The molecule has 0 bridgehead atoms. The number of rotatable bonds is 45. The SMILES string of the molecule is CC/C=C\C/C=C\C/C=C\C/C=C\C/C=C\CCCCCCCCCCOCC(COC1OC(COC2OC(CO)C(O)C(O)C2O)C(O)C(O)C1O)OC(=O)CCCCCCC/C=C\C/C=C\CCCCCC. The first-order valence-electron chi connectivity index (χ1n) is 28.7. The zero-order valence-corrected chi connectivity index (χ0v) is 45.5. The summed E-state index contributed by atoms with van der Waals surface area (Å²) in [6, 6.07) is 0. The minimum atomic E-state index is -1.72. The number of hydrogen-bond donors (Lipinski definition) is 7. The van der Waals surface area contributed by atoms with Crippen molar-refractivity contribution in [2.75, 3.05) is 33.0 Å². The van der Waals surface area contributed by atoms with E-state index in [0.717, 1.165) is 103 Å². The van der Waals surface area contributed by atoms with E-state index in [-0.39, 0.29) is 19.6 Å². The van der Waals surface area contributed by atoms with Crippen molar-refractivity contribution >= 4 is 5.97 Å². The van der Waals surface area contributed by atoms with E-state index < -0.39 is 86.7 Å². The van der Waals surface area contributed by atoms with Gasteiger partial charge in [-0.1, -0.05) is 176 Å². The standard InChI is InChI=1S/C60H102O14/c1-3-5-7-9-11-13-15-17-19-21-22-23-24-25-26-27-28-30-32-34-36-38-40-42-44-69-46-49(72-52(62)43-41-39-37-35-33-31-29-20-18-16-14-12-10-8-6-4-2)47-70-59-58(68)56(66)54(64)51(74-59)48-71-60-57(67)55(65)53(63)50(45-61)73-60/h5,7,11,13-14,16-17,19-20,22-23,25-26,29,49-51,53-61,63-68H,3-4,6,8-10,12,15,18,21,24,27-28,30-48H2,1-2H3/b7-5-,13-11-,16-14-,19-17-,23-22-,26-25-,29-20-. The maximum Gasteiger partial charge on any atom is 0.306 e. The summed E-state index contributed by atoms with van der Waals surface area (Å²) < 4.78 is 34.4. The molecule has 74 heavy (non-hydrogen) atoms. The molecule has 14 heteroatoms. The van der Waals surface area contributed by atoms with Crippen LogP contribution in [-0.4, -0.2) is 142 Å². The molecule has 2 heterocycles. The minimum Gasteiger partial charge on any atom is -0.457 e. The maximum atomic E-state index is 13.1. The Bertz CT molecular complexity index is 1540. The van der Waals surface area contributed by atoms with Crippen molar-refractivity contribution in [3.8, 4) is 0 Å². The third kappa shape index (κ3) is 32.7. The van der Waals surface area contributed by atoms with E-state index in [0.29, 0.717) is 13.0 Å². The van der Waals surface area contributed by atoms with Gasteiger partial charge in [-0.05, 0) is 89.9 Å². The van der Waals surface area contributed by atoms with Gasteiger partial charge in [0.25, 0.3) is 0 Å². The van der Waals surface area contributed by atoms with E-state index in [4.69, 9.17) is 28.4 Å². The van der Waals surface area contributed by atoms with E-state index in [1.807, 2.05) is 0 Å². The quantitative estimate of drug-likeness (QED) is 0.0172. The molecule has 0 aliphatic carbocycles. The normalized spacial score (nSPS) is 25.4. The number of hydrogen-bond acceptors (Lipinski definition) is 14. The van der Waals surface area contributed by atoms with Crippen molar-refractivity contribution in [1.82, 2.24) is 0 Å². The van der Waals surface area contributed by atoms with E-state index >= 15 is 0 Å². The van der Waals surface area contributed by atoms with Crippen LogP contribution in [0.1, 0.15) is 187 Å². The summed E-state index contributed by atoms with van der Waals surface area (Å²) in [6.07, 6.45) is 43.5. The van der Waals surface area contributed by atoms with Crippen LogP contribution in [0, 0.1) is 0 Å². The van der Waals surface area contributed by atoms with Gasteiger partial charge in [0.2, 0.25) is 0 Å². The van der Waals surface area contributed by atoms with E-state index in [2.05, 4.69) is 98.9 Å². The molecule has 0 aromatic rings. The third-order valence-electron chi connectivity index (χ3n) is 13.1. The summed E-state index contributed by atoms with van der Waals surface area (Å²) in [4.78, 5) is 13.1. The first-order valence-corrected chi connectivity index (χ1v) is 28.7. The second-order valence-electron chi connectivity index (χ2n) is 19.7. The summed E-state index contributed by atoms with van der Waals surface area (Å²) in [7, 11) is 0. The first-order chi connectivity index (χ1) is 36.1. The number of carbonyl (C=O) groups excluding carboxylic acids is 1. The molecule has 0 amide bonds. The summed E-state index contributed by atoms with van der Waals surface area (Å²) in [5, 5.41) is 72.3. The van der Waals surface area contributed by atoms with Gasteiger partial charge in [0.05, 0.1) is 26.4 Å². The third-order valence-corrected chi connectivity index (χ3v) is 13.1. The van der Waals surface area contributed by atoms with Crippen LogP contribution >= 0.6 is 0 Å².